The zero-order valence-corrected chi connectivity index (χ0v) is 13.9. The molecule has 0 spiro atoms. The summed E-state index contributed by atoms with van der Waals surface area (Å²) in [5.41, 5.74) is 5.64. The average molecular weight is 325 g/mol. The van der Waals surface area contributed by atoms with Crippen LogP contribution in [-0.2, 0) is 22.6 Å². The standard InChI is InChI=1S/C14H23N5O2S/c1-4-5-19-12(6-15)16-17-14(19)22-9-13(20)18-7-10(2)21-11(3)8-18/h4,10-11H,1,5-9,15H2,2-3H3/t10-,11+. The number of rotatable bonds is 6. The van der Waals surface area contributed by atoms with Crippen LogP contribution in [0.15, 0.2) is 17.8 Å². The Morgan fingerprint density at radius 3 is 2.73 bits per heavy atom. The van der Waals surface area contributed by atoms with Gasteiger partial charge in [-0.05, 0) is 13.8 Å². The van der Waals surface area contributed by atoms with Crippen molar-refractivity contribution in [2.24, 2.45) is 5.73 Å². The fraction of sp³-hybridized carbons (Fsp3) is 0.643. The van der Waals surface area contributed by atoms with Crippen LogP contribution in [0.2, 0.25) is 0 Å². The van der Waals surface area contributed by atoms with Crippen molar-refractivity contribution in [3.63, 3.8) is 0 Å². The molecule has 8 heteroatoms. The van der Waals surface area contributed by atoms with Gasteiger partial charge in [-0.1, -0.05) is 17.8 Å². The molecule has 1 saturated heterocycles. The van der Waals surface area contributed by atoms with Crippen LogP contribution in [-0.4, -0.2) is 56.6 Å². The van der Waals surface area contributed by atoms with E-state index in [9.17, 15) is 4.79 Å². The van der Waals surface area contributed by atoms with Gasteiger partial charge in [0.2, 0.25) is 5.91 Å². The minimum atomic E-state index is 0.0750. The van der Waals surface area contributed by atoms with E-state index < -0.39 is 0 Å². The Bertz CT molecular complexity index is 523. The van der Waals surface area contributed by atoms with Crippen LogP contribution in [0.25, 0.3) is 0 Å². The van der Waals surface area contributed by atoms with Crippen LogP contribution in [0.3, 0.4) is 0 Å². The van der Waals surface area contributed by atoms with E-state index >= 15 is 0 Å². The van der Waals surface area contributed by atoms with Gasteiger partial charge in [0.25, 0.3) is 0 Å². The van der Waals surface area contributed by atoms with Crippen molar-refractivity contribution in [2.45, 2.75) is 44.3 Å². The van der Waals surface area contributed by atoms with Crippen LogP contribution in [0.5, 0.6) is 0 Å². The van der Waals surface area contributed by atoms with E-state index in [0.717, 1.165) is 0 Å². The number of carbonyl (C=O) groups excluding carboxylic acids is 1. The van der Waals surface area contributed by atoms with Crippen molar-refractivity contribution < 1.29 is 9.53 Å². The summed E-state index contributed by atoms with van der Waals surface area (Å²) in [6.45, 7) is 9.86. The average Bonchev–Trinajstić information content (AvgIpc) is 2.86. The van der Waals surface area contributed by atoms with E-state index in [2.05, 4.69) is 16.8 Å². The largest absolute Gasteiger partial charge is 0.372 e. The van der Waals surface area contributed by atoms with E-state index in [4.69, 9.17) is 10.5 Å². The van der Waals surface area contributed by atoms with Crippen LogP contribution in [0.4, 0.5) is 0 Å². The van der Waals surface area contributed by atoms with Gasteiger partial charge in [0, 0.05) is 19.6 Å². The summed E-state index contributed by atoms with van der Waals surface area (Å²) < 4.78 is 7.53. The summed E-state index contributed by atoms with van der Waals surface area (Å²) in [6, 6.07) is 0. The highest BCUT2D eigenvalue weighted by Gasteiger charge is 2.26. The number of nitrogens with zero attached hydrogens (tertiary/aromatic N) is 4. The highest BCUT2D eigenvalue weighted by Crippen LogP contribution is 2.19. The molecular weight excluding hydrogens is 302 g/mol. The zero-order chi connectivity index (χ0) is 16.1. The Labute approximate surface area is 134 Å². The molecule has 1 fully saturated rings. The SMILES string of the molecule is C=CCn1c(CN)nnc1SCC(=O)N1C[C@@H](C)O[C@@H](C)C1. The number of amides is 1. The minimum absolute atomic E-state index is 0.0750. The fourth-order valence-electron chi connectivity index (χ4n) is 2.49. The van der Waals surface area contributed by atoms with E-state index in [0.29, 0.717) is 42.9 Å². The van der Waals surface area contributed by atoms with E-state index in [-0.39, 0.29) is 18.1 Å². The first-order valence-corrected chi connectivity index (χ1v) is 8.32. The third-order valence-electron chi connectivity index (χ3n) is 3.38. The second-order valence-electron chi connectivity index (χ2n) is 5.35. The third kappa shape index (κ3) is 4.08. The van der Waals surface area contributed by atoms with Gasteiger partial charge in [-0.3, -0.25) is 4.79 Å². The zero-order valence-electron chi connectivity index (χ0n) is 13.1. The molecule has 0 radical (unpaired) electrons. The van der Waals surface area contributed by atoms with Crippen molar-refractivity contribution >= 4 is 17.7 Å². The molecule has 1 aliphatic rings. The summed E-state index contributed by atoms with van der Waals surface area (Å²) >= 11 is 1.38. The Morgan fingerprint density at radius 1 is 1.45 bits per heavy atom. The molecule has 0 saturated carbocycles. The number of thioether (sulfide) groups is 1. The van der Waals surface area contributed by atoms with Crippen LogP contribution in [0, 0.1) is 0 Å². The molecular formula is C14H23N5O2S. The monoisotopic (exact) mass is 325 g/mol. The van der Waals surface area contributed by atoms with E-state index in [1.807, 2.05) is 23.3 Å². The van der Waals surface area contributed by atoms with Crippen LogP contribution < -0.4 is 5.73 Å². The quantitative estimate of drug-likeness (QED) is 0.610. The van der Waals surface area contributed by atoms with E-state index in [1.54, 1.807) is 6.08 Å². The summed E-state index contributed by atoms with van der Waals surface area (Å²) in [5.74, 6) is 1.12. The molecule has 1 aliphatic heterocycles. The van der Waals surface area contributed by atoms with Gasteiger partial charge in [-0.25, -0.2) is 0 Å². The van der Waals surface area contributed by atoms with Gasteiger partial charge in [-0.2, -0.15) is 0 Å². The summed E-state index contributed by atoms with van der Waals surface area (Å²) in [4.78, 5) is 14.2. The lowest BCUT2D eigenvalue weighted by Crippen LogP contribution is -2.48. The number of ether oxygens (including phenoxy) is 1. The molecule has 1 aromatic rings. The topological polar surface area (TPSA) is 86.3 Å². The summed E-state index contributed by atoms with van der Waals surface area (Å²) in [5, 5.41) is 8.84. The first-order valence-electron chi connectivity index (χ1n) is 7.34. The fourth-order valence-corrected chi connectivity index (χ4v) is 3.36. The van der Waals surface area contributed by atoms with Crippen molar-refractivity contribution in [1.82, 2.24) is 19.7 Å². The highest BCUT2D eigenvalue weighted by atomic mass is 32.2. The molecule has 0 bridgehead atoms. The lowest BCUT2D eigenvalue weighted by atomic mass is 10.2. The summed E-state index contributed by atoms with van der Waals surface area (Å²) in [6.07, 6.45) is 1.91. The number of carbonyl (C=O) groups is 1. The third-order valence-corrected chi connectivity index (χ3v) is 4.34. The van der Waals surface area contributed by atoms with Crippen LogP contribution in [0.1, 0.15) is 19.7 Å². The number of aromatic nitrogens is 3. The second-order valence-corrected chi connectivity index (χ2v) is 6.29. The van der Waals surface area contributed by atoms with Gasteiger partial charge in [0.1, 0.15) is 5.82 Å². The van der Waals surface area contributed by atoms with Crippen molar-refractivity contribution in [3.05, 3.63) is 18.5 Å². The van der Waals surface area contributed by atoms with Gasteiger partial charge >= 0.3 is 0 Å². The smallest absolute Gasteiger partial charge is 0.233 e. The Balaban J connectivity index is 1.96. The van der Waals surface area contributed by atoms with Crippen molar-refractivity contribution in [3.8, 4) is 0 Å². The predicted molar refractivity (Wildman–Crippen MR) is 85.4 cm³/mol. The van der Waals surface area contributed by atoms with Crippen molar-refractivity contribution in [2.75, 3.05) is 18.8 Å². The lowest BCUT2D eigenvalue weighted by molar-refractivity contribution is -0.140. The predicted octanol–water partition coefficient (Wildman–Crippen LogP) is 0.651. The number of allylic oxidation sites excluding steroid dienone is 1. The van der Waals surface area contributed by atoms with E-state index in [1.165, 1.54) is 11.8 Å². The Kier molecular flexibility index (Phi) is 5.98. The Hall–Kier alpha value is -1.38. The molecule has 122 valence electrons. The minimum Gasteiger partial charge on any atom is -0.372 e. The molecule has 2 atom stereocenters. The normalized spacial score (nSPS) is 21.9. The van der Waals surface area contributed by atoms with Gasteiger partial charge < -0.3 is 19.9 Å². The maximum Gasteiger partial charge on any atom is 0.233 e. The molecule has 1 amide bonds. The number of morpholine rings is 1. The van der Waals surface area contributed by atoms with Crippen LogP contribution >= 0.6 is 11.8 Å². The molecule has 2 heterocycles. The molecule has 7 nitrogen and oxygen atoms in total. The second kappa shape index (κ2) is 7.75. The van der Waals surface area contributed by atoms with Gasteiger partial charge in [0.15, 0.2) is 5.16 Å². The molecule has 1 aromatic heterocycles. The van der Waals surface area contributed by atoms with Crippen molar-refractivity contribution in [1.29, 1.82) is 0 Å². The number of hydrogen-bond acceptors (Lipinski definition) is 6. The molecule has 0 unspecified atom stereocenters. The van der Waals surface area contributed by atoms with Gasteiger partial charge in [0.05, 0.1) is 24.5 Å². The maximum absolute atomic E-state index is 12.4. The molecule has 0 aromatic carbocycles. The number of nitrogens with two attached hydrogens (primary N) is 1. The highest BCUT2D eigenvalue weighted by molar-refractivity contribution is 7.99. The lowest BCUT2D eigenvalue weighted by Gasteiger charge is -2.35. The molecule has 2 N–H and O–H groups in total. The Morgan fingerprint density at radius 2 is 2.14 bits per heavy atom. The summed E-state index contributed by atoms with van der Waals surface area (Å²) in [7, 11) is 0. The molecule has 0 aliphatic carbocycles. The molecule has 2 rings (SSSR count). The first kappa shape index (κ1) is 17.0. The molecule has 22 heavy (non-hydrogen) atoms. The van der Waals surface area contributed by atoms with Gasteiger partial charge in [-0.15, -0.1) is 16.8 Å². The first-order chi connectivity index (χ1) is 10.5. The number of hydrogen-bond donors (Lipinski definition) is 1. The maximum atomic E-state index is 12.4.